The number of anilines is 1. The largest absolute Gasteiger partial charge is 0.378 e. The molecule has 0 spiro atoms. The minimum absolute atomic E-state index is 0.161. The number of carbonyl (C=O) groups is 2. The lowest BCUT2D eigenvalue weighted by Crippen LogP contribution is -2.41. The molecule has 1 aliphatic heterocycles. The van der Waals surface area contributed by atoms with Crippen LogP contribution in [0.15, 0.2) is 42.6 Å². The zero-order valence-corrected chi connectivity index (χ0v) is 18.5. The summed E-state index contributed by atoms with van der Waals surface area (Å²) in [5, 5.41) is 5.86. The molecule has 2 amide bonds. The first-order valence-electron chi connectivity index (χ1n) is 10.6. The Balaban J connectivity index is 1.50. The number of amides is 2. The molecule has 2 heterocycles. The Hall–Kier alpha value is -2.84. The Morgan fingerprint density at radius 2 is 1.84 bits per heavy atom. The van der Waals surface area contributed by atoms with Crippen LogP contribution in [-0.2, 0) is 11.2 Å². The molecule has 8 heteroatoms. The molecule has 7 nitrogen and oxygen atoms in total. The number of nitrogens with one attached hydrogen (secondary N) is 2. The van der Waals surface area contributed by atoms with Crippen LogP contribution < -0.4 is 10.6 Å². The van der Waals surface area contributed by atoms with Crippen LogP contribution in [0.5, 0.6) is 0 Å². The predicted molar refractivity (Wildman–Crippen MR) is 124 cm³/mol. The zero-order valence-electron chi connectivity index (χ0n) is 17.7. The Bertz CT molecular complexity index is 894. The van der Waals surface area contributed by atoms with E-state index >= 15 is 0 Å². The minimum Gasteiger partial charge on any atom is -0.378 e. The molecule has 1 aliphatic rings. The summed E-state index contributed by atoms with van der Waals surface area (Å²) in [7, 11) is 0. The van der Waals surface area contributed by atoms with Crippen molar-refractivity contribution in [3.8, 4) is 0 Å². The highest BCUT2D eigenvalue weighted by Crippen LogP contribution is 2.12. The third-order valence-electron chi connectivity index (χ3n) is 5.05. The van der Waals surface area contributed by atoms with Gasteiger partial charge in [0.05, 0.1) is 18.8 Å². The average molecular weight is 441 g/mol. The standard InChI is InChI=1S/C23H28N4O3S/c1-2-3-4-5-17-6-9-19(10-7-17)25-23(31)26-21(28)18-8-11-20(24-16-18)22(29)27-12-14-30-15-13-27/h6-11,16H,2-5,12-15H2,1H3,(H2,25,26,28,31). The van der Waals surface area contributed by atoms with Gasteiger partial charge in [-0.15, -0.1) is 0 Å². The molecule has 2 aromatic rings. The van der Waals surface area contributed by atoms with E-state index in [2.05, 4.69) is 34.7 Å². The molecule has 1 fully saturated rings. The molecule has 1 aromatic carbocycles. The number of benzene rings is 1. The first kappa shape index (κ1) is 22.8. The van der Waals surface area contributed by atoms with E-state index in [4.69, 9.17) is 17.0 Å². The molecule has 3 rings (SSSR count). The molecule has 0 saturated carbocycles. The summed E-state index contributed by atoms with van der Waals surface area (Å²) in [6.45, 7) is 4.33. The number of nitrogens with zero attached hydrogens (tertiary/aromatic N) is 2. The van der Waals surface area contributed by atoms with Gasteiger partial charge in [0.25, 0.3) is 11.8 Å². The molecule has 31 heavy (non-hydrogen) atoms. The molecule has 2 N–H and O–H groups in total. The van der Waals surface area contributed by atoms with E-state index in [9.17, 15) is 9.59 Å². The number of aromatic nitrogens is 1. The van der Waals surface area contributed by atoms with Gasteiger partial charge in [0.2, 0.25) is 0 Å². The van der Waals surface area contributed by atoms with E-state index in [0.717, 1.165) is 12.1 Å². The van der Waals surface area contributed by atoms with Crippen molar-refractivity contribution in [3.05, 3.63) is 59.4 Å². The average Bonchev–Trinajstić information content (AvgIpc) is 2.80. The summed E-state index contributed by atoms with van der Waals surface area (Å²) in [5.41, 5.74) is 2.73. The number of rotatable bonds is 7. The van der Waals surface area contributed by atoms with Crippen molar-refractivity contribution in [3.63, 3.8) is 0 Å². The van der Waals surface area contributed by atoms with Crippen LogP contribution in [0, 0.1) is 0 Å². The van der Waals surface area contributed by atoms with Gasteiger partial charge in [0.1, 0.15) is 5.69 Å². The van der Waals surface area contributed by atoms with Crippen LogP contribution in [0.25, 0.3) is 0 Å². The van der Waals surface area contributed by atoms with Crippen molar-refractivity contribution in [2.24, 2.45) is 0 Å². The van der Waals surface area contributed by atoms with Crippen LogP contribution in [0.4, 0.5) is 5.69 Å². The van der Waals surface area contributed by atoms with Crippen LogP contribution in [0.1, 0.15) is 52.6 Å². The highest BCUT2D eigenvalue weighted by atomic mass is 32.1. The highest BCUT2D eigenvalue weighted by molar-refractivity contribution is 7.80. The number of morpholine rings is 1. The fourth-order valence-corrected chi connectivity index (χ4v) is 3.47. The van der Waals surface area contributed by atoms with Crippen molar-refractivity contribution in [2.75, 3.05) is 31.6 Å². The topological polar surface area (TPSA) is 83.6 Å². The Kier molecular flexibility index (Phi) is 8.49. The number of hydrogen-bond acceptors (Lipinski definition) is 5. The molecule has 0 atom stereocenters. The lowest BCUT2D eigenvalue weighted by Gasteiger charge is -2.26. The molecular formula is C23H28N4O3S. The number of pyridine rings is 1. The summed E-state index contributed by atoms with van der Waals surface area (Å²) in [4.78, 5) is 30.7. The zero-order chi connectivity index (χ0) is 22.1. The van der Waals surface area contributed by atoms with Gasteiger partial charge >= 0.3 is 0 Å². The molecule has 0 unspecified atom stereocenters. The van der Waals surface area contributed by atoms with Gasteiger partial charge in [-0.1, -0.05) is 31.9 Å². The Morgan fingerprint density at radius 3 is 2.48 bits per heavy atom. The van der Waals surface area contributed by atoms with E-state index in [0.29, 0.717) is 37.6 Å². The molecule has 0 radical (unpaired) electrons. The number of thiocarbonyl (C=S) groups is 1. The van der Waals surface area contributed by atoms with Crippen molar-refractivity contribution >= 4 is 34.8 Å². The predicted octanol–water partition coefficient (Wildman–Crippen LogP) is 3.41. The van der Waals surface area contributed by atoms with Crippen molar-refractivity contribution < 1.29 is 14.3 Å². The fraction of sp³-hybridized carbons (Fsp3) is 0.391. The summed E-state index contributed by atoms with van der Waals surface area (Å²) >= 11 is 5.25. The lowest BCUT2D eigenvalue weighted by molar-refractivity contribution is 0.0299. The summed E-state index contributed by atoms with van der Waals surface area (Å²) in [5.74, 6) is -0.544. The third kappa shape index (κ3) is 6.83. The van der Waals surface area contributed by atoms with Gasteiger partial charge in [0.15, 0.2) is 5.11 Å². The Labute approximate surface area is 188 Å². The maximum atomic E-state index is 12.4. The van der Waals surface area contributed by atoms with Crippen LogP contribution >= 0.6 is 12.2 Å². The van der Waals surface area contributed by atoms with E-state index < -0.39 is 0 Å². The molecule has 0 aliphatic carbocycles. The van der Waals surface area contributed by atoms with E-state index in [1.165, 1.54) is 31.0 Å². The van der Waals surface area contributed by atoms with Gasteiger partial charge < -0.3 is 15.0 Å². The van der Waals surface area contributed by atoms with Crippen LogP contribution in [-0.4, -0.2) is 53.1 Å². The highest BCUT2D eigenvalue weighted by Gasteiger charge is 2.20. The van der Waals surface area contributed by atoms with Crippen molar-refractivity contribution in [2.45, 2.75) is 32.6 Å². The van der Waals surface area contributed by atoms with Crippen molar-refractivity contribution in [1.82, 2.24) is 15.2 Å². The minimum atomic E-state index is -0.383. The van der Waals surface area contributed by atoms with E-state index in [-0.39, 0.29) is 16.9 Å². The Morgan fingerprint density at radius 1 is 1.10 bits per heavy atom. The fourth-order valence-electron chi connectivity index (χ4n) is 3.25. The van der Waals surface area contributed by atoms with Gasteiger partial charge in [-0.3, -0.25) is 19.9 Å². The monoisotopic (exact) mass is 440 g/mol. The molecule has 1 aromatic heterocycles. The lowest BCUT2D eigenvalue weighted by atomic mass is 10.1. The van der Waals surface area contributed by atoms with Crippen molar-refractivity contribution in [1.29, 1.82) is 0 Å². The van der Waals surface area contributed by atoms with Crippen LogP contribution in [0.3, 0.4) is 0 Å². The third-order valence-corrected chi connectivity index (χ3v) is 5.26. The van der Waals surface area contributed by atoms with Crippen LogP contribution in [0.2, 0.25) is 0 Å². The van der Waals surface area contributed by atoms with Gasteiger partial charge in [0, 0.05) is 25.0 Å². The van der Waals surface area contributed by atoms with Gasteiger partial charge in [-0.25, -0.2) is 0 Å². The first-order chi connectivity index (χ1) is 15.1. The molecule has 164 valence electrons. The van der Waals surface area contributed by atoms with E-state index in [1.54, 1.807) is 17.0 Å². The second-order valence-corrected chi connectivity index (χ2v) is 7.81. The first-order valence-corrected chi connectivity index (χ1v) is 11.0. The number of hydrogen-bond donors (Lipinski definition) is 2. The second kappa shape index (κ2) is 11.5. The number of aryl methyl sites for hydroxylation is 1. The number of carbonyl (C=O) groups excluding carboxylic acids is 2. The number of unbranched alkanes of at least 4 members (excludes halogenated alkanes) is 2. The SMILES string of the molecule is CCCCCc1ccc(NC(=S)NC(=O)c2ccc(C(=O)N3CCOCC3)nc2)cc1. The molecule has 0 bridgehead atoms. The summed E-state index contributed by atoms with van der Waals surface area (Å²) < 4.78 is 5.26. The quantitative estimate of drug-likeness (QED) is 0.507. The molecular weight excluding hydrogens is 412 g/mol. The normalized spacial score (nSPS) is 13.5. The number of ether oxygens (including phenoxy) is 1. The summed E-state index contributed by atoms with van der Waals surface area (Å²) in [6, 6.07) is 11.2. The second-order valence-electron chi connectivity index (χ2n) is 7.40. The smallest absolute Gasteiger partial charge is 0.272 e. The van der Waals surface area contributed by atoms with Gasteiger partial charge in [-0.2, -0.15) is 0 Å². The van der Waals surface area contributed by atoms with E-state index in [1.807, 2.05) is 12.1 Å². The maximum Gasteiger partial charge on any atom is 0.272 e. The van der Waals surface area contributed by atoms with Gasteiger partial charge in [-0.05, 0) is 54.9 Å². The molecule has 1 saturated heterocycles. The maximum absolute atomic E-state index is 12.4. The summed E-state index contributed by atoms with van der Waals surface area (Å²) in [6.07, 6.45) is 6.06.